The molecule has 0 amide bonds. The van der Waals surface area contributed by atoms with Crippen molar-refractivity contribution in [2.75, 3.05) is 0 Å². The quantitative estimate of drug-likeness (QED) is 0.890. The highest BCUT2D eigenvalue weighted by Crippen LogP contribution is 2.15. The summed E-state index contributed by atoms with van der Waals surface area (Å²) in [4.78, 5) is 11.7. The molecule has 4 heteroatoms. The molecule has 2 rings (SSSR count). The van der Waals surface area contributed by atoms with Gasteiger partial charge in [-0.3, -0.25) is 4.79 Å². The summed E-state index contributed by atoms with van der Waals surface area (Å²) in [6, 6.07) is 10.9. The Balaban J connectivity index is 2.27. The van der Waals surface area contributed by atoms with Gasteiger partial charge in [0.25, 0.3) is 5.56 Å². The Kier molecular flexibility index (Phi) is 3.58. The summed E-state index contributed by atoms with van der Waals surface area (Å²) in [6.07, 6.45) is 0. The second kappa shape index (κ2) is 5.14. The van der Waals surface area contributed by atoms with Crippen molar-refractivity contribution in [2.24, 2.45) is 5.73 Å². The first-order valence-electron chi connectivity index (χ1n) is 5.94. The first kappa shape index (κ1) is 12.5. The number of hydrogen-bond acceptors (Lipinski definition) is 3. The van der Waals surface area contributed by atoms with Gasteiger partial charge in [-0.2, -0.15) is 5.10 Å². The molecular weight excluding hydrogens is 226 g/mol. The van der Waals surface area contributed by atoms with Crippen molar-refractivity contribution < 1.29 is 0 Å². The Morgan fingerprint density at radius 1 is 1.22 bits per heavy atom. The van der Waals surface area contributed by atoms with Crippen LogP contribution in [0, 0.1) is 13.8 Å². The average Bonchev–Trinajstić information content (AvgIpc) is 2.34. The lowest BCUT2D eigenvalue weighted by Crippen LogP contribution is -2.29. The van der Waals surface area contributed by atoms with Crippen molar-refractivity contribution >= 4 is 0 Å². The fourth-order valence-electron chi connectivity index (χ4n) is 1.97. The first-order chi connectivity index (χ1) is 8.58. The monoisotopic (exact) mass is 243 g/mol. The standard InChI is InChI=1S/C14H17N3O/c1-10-5-3-4-6-12(10)13(15)9-17-14(18)8-7-11(2)16-17/h3-8,13H,9,15H2,1-2H3. The maximum absolute atomic E-state index is 11.7. The zero-order valence-corrected chi connectivity index (χ0v) is 10.6. The molecule has 2 N–H and O–H groups in total. The van der Waals surface area contributed by atoms with Crippen LogP contribution >= 0.6 is 0 Å². The van der Waals surface area contributed by atoms with Gasteiger partial charge in [-0.1, -0.05) is 24.3 Å². The smallest absolute Gasteiger partial charge is 0.266 e. The van der Waals surface area contributed by atoms with E-state index >= 15 is 0 Å². The lowest BCUT2D eigenvalue weighted by atomic mass is 10.0. The molecule has 4 nitrogen and oxygen atoms in total. The lowest BCUT2D eigenvalue weighted by Gasteiger charge is -2.15. The van der Waals surface area contributed by atoms with E-state index in [-0.39, 0.29) is 11.6 Å². The van der Waals surface area contributed by atoms with Crippen LogP contribution in [-0.4, -0.2) is 9.78 Å². The topological polar surface area (TPSA) is 60.9 Å². The third kappa shape index (κ3) is 2.65. The minimum atomic E-state index is -0.224. The van der Waals surface area contributed by atoms with E-state index in [1.54, 1.807) is 6.07 Å². The van der Waals surface area contributed by atoms with E-state index in [0.29, 0.717) is 6.54 Å². The highest BCUT2D eigenvalue weighted by molar-refractivity contribution is 5.28. The van der Waals surface area contributed by atoms with Crippen LogP contribution in [0.3, 0.4) is 0 Å². The Morgan fingerprint density at radius 3 is 2.67 bits per heavy atom. The van der Waals surface area contributed by atoms with Crippen LogP contribution in [0.1, 0.15) is 22.9 Å². The molecular formula is C14H17N3O. The van der Waals surface area contributed by atoms with Gasteiger partial charge in [-0.05, 0) is 31.0 Å². The van der Waals surface area contributed by atoms with Crippen molar-refractivity contribution in [2.45, 2.75) is 26.4 Å². The van der Waals surface area contributed by atoms with Gasteiger partial charge in [0.2, 0.25) is 0 Å². The molecule has 18 heavy (non-hydrogen) atoms. The van der Waals surface area contributed by atoms with Gasteiger partial charge in [0, 0.05) is 12.1 Å². The van der Waals surface area contributed by atoms with Crippen molar-refractivity contribution in [3.05, 3.63) is 63.6 Å². The fraction of sp³-hybridized carbons (Fsp3) is 0.286. The molecule has 94 valence electrons. The molecule has 0 aliphatic carbocycles. The largest absolute Gasteiger partial charge is 0.322 e. The summed E-state index contributed by atoms with van der Waals surface area (Å²) in [5.74, 6) is 0. The van der Waals surface area contributed by atoms with E-state index in [9.17, 15) is 4.79 Å². The van der Waals surface area contributed by atoms with Gasteiger partial charge < -0.3 is 5.73 Å². The van der Waals surface area contributed by atoms with E-state index in [1.165, 1.54) is 10.7 Å². The van der Waals surface area contributed by atoms with E-state index in [0.717, 1.165) is 16.8 Å². The predicted molar refractivity (Wildman–Crippen MR) is 71.3 cm³/mol. The van der Waals surface area contributed by atoms with Crippen molar-refractivity contribution in [1.29, 1.82) is 0 Å². The molecule has 2 aromatic rings. The molecule has 0 aliphatic heterocycles. The summed E-state index contributed by atoms with van der Waals surface area (Å²) in [7, 11) is 0. The second-order valence-corrected chi connectivity index (χ2v) is 4.46. The molecule has 1 aromatic heterocycles. The van der Waals surface area contributed by atoms with Crippen molar-refractivity contribution in [3.63, 3.8) is 0 Å². The van der Waals surface area contributed by atoms with Gasteiger partial charge in [0.1, 0.15) is 0 Å². The zero-order valence-electron chi connectivity index (χ0n) is 10.6. The number of nitrogens with two attached hydrogens (primary N) is 1. The van der Waals surface area contributed by atoms with Crippen molar-refractivity contribution in [3.8, 4) is 0 Å². The molecule has 0 saturated heterocycles. The van der Waals surface area contributed by atoms with E-state index < -0.39 is 0 Å². The van der Waals surface area contributed by atoms with Crippen LogP contribution < -0.4 is 11.3 Å². The van der Waals surface area contributed by atoms with Gasteiger partial charge >= 0.3 is 0 Å². The number of hydrogen-bond donors (Lipinski definition) is 1. The lowest BCUT2D eigenvalue weighted by molar-refractivity contribution is 0.498. The molecule has 1 heterocycles. The van der Waals surface area contributed by atoms with Crippen LogP contribution in [0.25, 0.3) is 0 Å². The molecule has 0 bridgehead atoms. The van der Waals surface area contributed by atoms with Crippen LogP contribution in [-0.2, 0) is 6.54 Å². The number of aromatic nitrogens is 2. The summed E-state index contributed by atoms with van der Waals surface area (Å²) in [5.41, 5.74) is 9.02. The minimum Gasteiger partial charge on any atom is -0.322 e. The Labute approximate surface area is 106 Å². The summed E-state index contributed by atoms with van der Waals surface area (Å²) in [6.45, 7) is 4.27. The van der Waals surface area contributed by atoms with Crippen LogP contribution in [0.5, 0.6) is 0 Å². The summed E-state index contributed by atoms with van der Waals surface area (Å²) >= 11 is 0. The normalized spacial score (nSPS) is 12.4. The number of nitrogens with zero attached hydrogens (tertiary/aromatic N) is 2. The second-order valence-electron chi connectivity index (χ2n) is 4.46. The molecule has 0 fully saturated rings. The maximum atomic E-state index is 11.7. The number of benzene rings is 1. The fourth-order valence-corrected chi connectivity index (χ4v) is 1.97. The van der Waals surface area contributed by atoms with Crippen LogP contribution in [0.4, 0.5) is 0 Å². The van der Waals surface area contributed by atoms with Gasteiger partial charge in [0.05, 0.1) is 12.2 Å². The first-order valence-corrected chi connectivity index (χ1v) is 5.94. The summed E-state index contributed by atoms with van der Waals surface area (Å²) in [5, 5.41) is 4.19. The molecule has 0 spiro atoms. The molecule has 0 saturated carbocycles. The molecule has 1 aromatic carbocycles. The molecule has 1 atom stereocenters. The zero-order chi connectivity index (χ0) is 13.1. The maximum Gasteiger partial charge on any atom is 0.266 e. The minimum absolute atomic E-state index is 0.121. The van der Waals surface area contributed by atoms with Crippen molar-refractivity contribution in [1.82, 2.24) is 9.78 Å². The Hall–Kier alpha value is -1.94. The average molecular weight is 243 g/mol. The highest BCUT2D eigenvalue weighted by Gasteiger charge is 2.10. The van der Waals surface area contributed by atoms with Gasteiger partial charge in [-0.15, -0.1) is 0 Å². The number of aryl methyl sites for hydroxylation is 2. The Bertz CT molecular complexity index is 604. The SMILES string of the molecule is Cc1ccc(=O)n(CC(N)c2ccccc2C)n1. The third-order valence-corrected chi connectivity index (χ3v) is 2.96. The third-order valence-electron chi connectivity index (χ3n) is 2.96. The van der Waals surface area contributed by atoms with Crippen LogP contribution in [0.2, 0.25) is 0 Å². The van der Waals surface area contributed by atoms with Crippen LogP contribution in [0.15, 0.2) is 41.2 Å². The Morgan fingerprint density at radius 2 is 1.94 bits per heavy atom. The highest BCUT2D eigenvalue weighted by atomic mass is 16.1. The summed E-state index contributed by atoms with van der Waals surface area (Å²) < 4.78 is 1.42. The molecule has 1 unspecified atom stereocenters. The number of rotatable bonds is 3. The van der Waals surface area contributed by atoms with Gasteiger partial charge in [-0.25, -0.2) is 4.68 Å². The van der Waals surface area contributed by atoms with E-state index in [1.807, 2.05) is 38.1 Å². The predicted octanol–water partition coefficient (Wildman–Crippen LogP) is 1.56. The van der Waals surface area contributed by atoms with E-state index in [2.05, 4.69) is 5.10 Å². The van der Waals surface area contributed by atoms with Gasteiger partial charge in [0.15, 0.2) is 0 Å². The molecule has 0 radical (unpaired) electrons. The van der Waals surface area contributed by atoms with E-state index in [4.69, 9.17) is 5.73 Å². The molecule has 0 aliphatic rings.